The van der Waals surface area contributed by atoms with E-state index >= 15 is 0 Å². The summed E-state index contributed by atoms with van der Waals surface area (Å²) in [6.45, 7) is 0.302. The molecule has 0 saturated carbocycles. The maximum Gasteiger partial charge on any atom is 0.251 e. The van der Waals surface area contributed by atoms with Crippen molar-refractivity contribution in [2.45, 2.75) is 4.90 Å². The standard InChI is InChI=1S/C16H18N2O4S/c1-22-14-7-9-15(10-8-14)23(20,21)18-12-11-17-16(19)13-5-3-2-4-6-13/h2-10,18H,11-12H2,1H3,(H,17,19). The Morgan fingerprint density at radius 3 is 2.26 bits per heavy atom. The lowest BCUT2D eigenvalue weighted by Crippen LogP contribution is -2.34. The summed E-state index contributed by atoms with van der Waals surface area (Å²) in [4.78, 5) is 12.0. The summed E-state index contributed by atoms with van der Waals surface area (Å²) < 4.78 is 31.6. The van der Waals surface area contributed by atoms with Crippen LogP contribution in [0, 0.1) is 0 Å². The monoisotopic (exact) mass is 334 g/mol. The van der Waals surface area contributed by atoms with Gasteiger partial charge in [0, 0.05) is 18.7 Å². The van der Waals surface area contributed by atoms with E-state index in [0.29, 0.717) is 11.3 Å². The third-order valence-corrected chi connectivity index (χ3v) is 4.59. The zero-order valence-corrected chi connectivity index (χ0v) is 13.5. The molecule has 23 heavy (non-hydrogen) atoms. The number of amides is 1. The lowest BCUT2D eigenvalue weighted by Gasteiger charge is -2.08. The van der Waals surface area contributed by atoms with Gasteiger partial charge in [0.2, 0.25) is 10.0 Å². The maximum absolute atomic E-state index is 12.1. The number of nitrogens with one attached hydrogen (secondary N) is 2. The number of sulfonamides is 1. The van der Waals surface area contributed by atoms with Crippen LogP contribution in [-0.2, 0) is 10.0 Å². The number of methoxy groups -OCH3 is 1. The van der Waals surface area contributed by atoms with Gasteiger partial charge in [0.25, 0.3) is 5.91 Å². The molecule has 2 aromatic carbocycles. The van der Waals surface area contributed by atoms with Crippen molar-refractivity contribution in [3.05, 3.63) is 60.2 Å². The second-order valence-electron chi connectivity index (χ2n) is 4.70. The van der Waals surface area contributed by atoms with E-state index in [2.05, 4.69) is 10.0 Å². The highest BCUT2D eigenvalue weighted by atomic mass is 32.2. The predicted molar refractivity (Wildman–Crippen MR) is 87.0 cm³/mol. The highest BCUT2D eigenvalue weighted by Crippen LogP contribution is 2.14. The smallest absolute Gasteiger partial charge is 0.251 e. The molecule has 2 aromatic rings. The molecule has 0 spiro atoms. The molecule has 122 valence electrons. The molecule has 6 nitrogen and oxygen atoms in total. The van der Waals surface area contributed by atoms with E-state index in [1.165, 1.54) is 19.2 Å². The van der Waals surface area contributed by atoms with Gasteiger partial charge >= 0.3 is 0 Å². The Bertz CT molecular complexity index is 743. The average molecular weight is 334 g/mol. The molecular weight excluding hydrogens is 316 g/mol. The molecule has 7 heteroatoms. The number of benzene rings is 2. The molecule has 0 saturated heterocycles. The fourth-order valence-electron chi connectivity index (χ4n) is 1.89. The van der Waals surface area contributed by atoms with Crippen LogP contribution >= 0.6 is 0 Å². The normalized spacial score (nSPS) is 11.0. The minimum absolute atomic E-state index is 0.104. The molecule has 0 aliphatic rings. The third kappa shape index (κ3) is 4.80. The molecule has 0 aliphatic heterocycles. The van der Waals surface area contributed by atoms with E-state index in [9.17, 15) is 13.2 Å². The maximum atomic E-state index is 12.1. The second kappa shape index (κ2) is 7.75. The first-order chi connectivity index (χ1) is 11.0. The van der Waals surface area contributed by atoms with Gasteiger partial charge in [0.15, 0.2) is 0 Å². The molecular formula is C16H18N2O4S. The fourth-order valence-corrected chi connectivity index (χ4v) is 2.92. The minimum Gasteiger partial charge on any atom is -0.497 e. The van der Waals surface area contributed by atoms with Gasteiger partial charge in [-0.1, -0.05) is 18.2 Å². The second-order valence-corrected chi connectivity index (χ2v) is 6.46. The van der Waals surface area contributed by atoms with Gasteiger partial charge < -0.3 is 10.1 Å². The Balaban J connectivity index is 1.84. The van der Waals surface area contributed by atoms with Gasteiger partial charge in [-0.25, -0.2) is 13.1 Å². The van der Waals surface area contributed by atoms with Crippen LogP contribution in [0.15, 0.2) is 59.5 Å². The van der Waals surface area contributed by atoms with Gasteiger partial charge in [0.05, 0.1) is 12.0 Å². The van der Waals surface area contributed by atoms with Crippen LogP contribution in [0.25, 0.3) is 0 Å². The van der Waals surface area contributed by atoms with Crippen LogP contribution < -0.4 is 14.8 Å². The number of carbonyl (C=O) groups excluding carboxylic acids is 1. The highest BCUT2D eigenvalue weighted by Gasteiger charge is 2.13. The number of rotatable bonds is 7. The lowest BCUT2D eigenvalue weighted by atomic mass is 10.2. The first-order valence-corrected chi connectivity index (χ1v) is 8.48. The molecule has 0 aromatic heterocycles. The van der Waals surface area contributed by atoms with E-state index in [4.69, 9.17) is 4.74 Å². The fraction of sp³-hybridized carbons (Fsp3) is 0.188. The van der Waals surface area contributed by atoms with Crippen LogP contribution in [-0.4, -0.2) is 34.5 Å². The van der Waals surface area contributed by atoms with Gasteiger partial charge in [-0.3, -0.25) is 4.79 Å². The Hall–Kier alpha value is -2.38. The Morgan fingerprint density at radius 2 is 1.65 bits per heavy atom. The van der Waals surface area contributed by atoms with Crippen molar-refractivity contribution in [1.82, 2.24) is 10.0 Å². The molecule has 2 N–H and O–H groups in total. The molecule has 0 radical (unpaired) electrons. The van der Waals surface area contributed by atoms with Gasteiger partial charge in [-0.05, 0) is 36.4 Å². The number of hydrogen-bond donors (Lipinski definition) is 2. The minimum atomic E-state index is -3.60. The van der Waals surface area contributed by atoms with Crippen LogP contribution in [0.2, 0.25) is 0 Å². The molecule has 0 unspecified atom stereocenters. The average Bonchev–Trinajstić information content (AvgIpc) is 2.59. The van der Waals surface area contributed by atoms with Gasteiger partial charge in [0.1, 0.15) is 5.75 Å². The summed E-state index contributed by atoms with van der Waals surface area (Å²) in [5.41, 5.74) is 0.533. The van der Waals surface area contributed by atoms with Crippen molar-refractivity contribution in [1.29, 1.82) is 0 Å². The molecule has 0 fully saturated rings. The zero-order valence-electron chi connectivity index (χ0n) is 12.7. The van der Waals surface area contributed by atoms with Crippen LogP contribution in [0.4, 0.5) is 0 Å². The van der Waals surface area contributed by atoms with E-state index in [1.54, 1.807) is 36.4 Å². The van der Waals surface area contributed by atoms with E-state index < -0.39 is 10.0 Å². The number of ether oxygens (including phenoxy) is 1. The Labute approximate surface area is 135 Å². The quantitative estimate of drug-likeness (QED) is 0.750. The van der Waals surface area contributed by atoms with Crippen molar-refractivity contribution >= 4 is 15.9 Å². The topological polar surface area (TPSA) is 84.5 Å². The van der Waals surface area contributed by atoms with Crippen LogP contribution in [0.3, 0.4) is 0 Å². The van der Waals surface area contributed by atoms with Gasteiger partial charge in [-0.15, -0.1) is 0 Å². The summed E-state index contributed by atoms with van der Waals surface area (Å²) in [7, 11) is -2.09. The van der Waals surface area contributed by atoms with Crippen molar-refractivity contribution in [3.63, 3.8) is 0 Å². The molecule has 0 heterocycles. The zero-order chi connectivity index (χ0) is 16.7. The predicted octanol–water partition coefficient (Wildman–Crippen LogP) is 1.40. The number of carbonyl (C=O) groups is 1. The Kier molecular flexibility index (Phi) is 5.72. The van der Waals surface area contributed by atoms with E-state index in [-0.39, 0.29) is 23.9 Å². The van der Waals surface area contributed by atoms with Crippen molar-refractivity contribution in [2.24, 2.45) is 0 Å². The molecule has 0 bridgehead atoms. The SMILES string of the molecule is COc1ccc(S(=O)(=O)NCCNC(=O)c2ccccc2)cc1. The summed E-state index contributed by atoms with van der Waals surface area (Å²) in [6, 6.07) is 14.8. The molecule has 1 amide bonds. The van der Waals surface area contributed by atoms with E-state index in [0.717, 1.165) is 0 Å². The summed E-state index contributed by atoms with van der Waals surface area (Å²) in [5.74, 6) is 0.341. The summed E-state index contributed by atoms with van der Waals surface area (Å²) in [6.07, 6.45) is 0. The van der Waals surface area contributed by atoms with Gasteiger partial charge in [-0.2, -0.15) is 0 Å². The summed E-state index contributed by atoms with van der Waals surface area (Å²) in [5, 5.41) is 2.66. The largest absolute Gasteiger partial charge is 0.497 e. The van der Waals surface area contributed by atoms with Crippen LogP contribution in [0.1, 0.15) is 10.4 Å². The summed E-state index contributed by atoms with van der Waals surface area (Å²) >= 11 is 0. The number of hydrogen-bond acceptors (Lipinski definition) is 4. The lowest BCUT2D eigenvalue weighted by molar-refractivity contribution is 0.0954. The van der Waals surface area contributed by atoms with E-state index in [1.807, 2.05) is 6.07 Å². The van der Waals surface area contributed by atoms with Crippen molar-refractivity contribution in [2.75, 3.05) is 20.2 Å². The molecule has 2 rings (SSSR count). The third-order valence-electron chi connectivity index (χ3n) is 3.11. The van der Waals surface area contributed by atoms with Crippen molar-refractivity contribution in [3.8, 4) is 5.75 Å². The highest BCUT2D eigenvalue weighted by molar-refractivity contribution is 7.89. The molecule has 0 aliphatic carbocycles. The van der Waals surface area contributed by atoms with Crippen molar-refractivity contribution < 1.29 is 17.9 Å². The molecule has 0 atom stereocenters. The van der Waals surface area contributed by atoms with Crippen LogP contribution in [0.5, 0.6) is 5.75 Å². The first-order valence-electron chi connectivity index (χ1n) is 7.00. The Morgan fingerprint density at radius 1 is 1.00 bits per heavy atom. The first kappa shape index (κ1) is 17.0.